The standard InChI is InChI=1S/C11H27NO4P2/c1-7-15-18(14,16-8-2)11(12(5)6)17(13,9-3)10-4/h11H,7-10H2,1-6H3/p+1/t11-/m0/s1. The summed E-state index contributed by atoms with van der Waals surface area (Å²) >= 11 is 0. The van der Waals surface area contributed by atoms with E-state index >= 15 is 0 Å². The molecule has 0 saturated carbocycles. The first-order chi connectivity index (χ1) is 8.31. The van der Waals surface area contributed by atoms with Crippen molar-refractivity contribution in [2.24, 2.45) is 0 Å². The molecule has 0 saturated heterocycles. The van der Waals surface area contributed by atoms with Gasteiger partial charge in [0.15, 0.2) is 7.14 Å². The maximum absolute atomic E-state index is 12.9. The molecule has 1 atom stereocenters. The molecule has 0 aromatic rings. The van der Waals surface area contributed by atoms with Crippen LogP contribution in [-0.4, -0.2) is 45.2 Å². The predicted octanol–water partition coefficient (Wildman–Crippen LogP) is 2.08. The fraction of sp³-hybridized carbons (Fsp3) is 1.00. The highest BCUT2D eigenvalue weighted by molar-refractivity contribution is 7.77. The smallest absolute Gasteiger partial charge is 0.321 e. The van der Waals surface area contributed by atoms with Crippen molar-refractivity contribution in [3.05, 3.63) is 0 Å². The summed E-state index contributed by atoms with van der Waals surface area (Å²) in [6.45, 7) is 7.90. The quantitative estimate of drug-likeness (QED) is 0.662. The van der Waals surface area contributed by atoms with Gasteiger partial charge in [0, 0.05) is 12.3 Å². The second kappa shape index (κ2) is 7.81. The molecule has 18 heavy (non-hydrogen) atoms. The van der Waals surface area contributed by atoms with Gasteiger partial charge in [0.1, 0.15) is 0 Å². The first-order valence-electron chi connectivity index (χ1n) is 6.57. The Morgan fingerprint density at radius 2 is 1.33 bits per heavy atom. The average Bonchev–Trinajstić information content (AvgIpc) is 2.28. The van der Waals surface area contributed by atoms with Crippen LogP contribution in [0.1, 0.15) is 27.7 Å². The normalized spacial score (nSPS) is 15.1. The first-order valence-corrected chi connectivity index (χ1v) is 10.3. The summed E-state index contributed by atoms with van der Waals surface area (Å²) in [6.07, 6.45) is 1.03. The van der Waals surface area contributed by atoms with Gasteiger partial charge in [-0.1, -0.05) is 13.8 Å². The molecule has 0 aliphatic rings. The van der Waals surface area contributed by atoms with E-state index in [0.29, 0.717) is 25.5 Å². The lowest BCUT2D eigenvalue weighted by atomic mass is 10.9. The molecule has 0 aromatic carbocycles. The minimum Gasteiger partial charge on any atom is -0.321 e. The van der Waals surface area contributed by atoms with Gasteiger partial charge in [0.2, 0.25) is 5.52 Å². The van der Waals surface area contributed by atoms with Gasteiger partial charge in [-0.2, -0.15) is 0 Å². The summed E-state index contributed by atoms with van der Waals surface area (Å²) in [5.74, 6) is 0. The summed E-state index contributed by atoms with van der Waals surface area (Å²) in [6, 6.07) is 0. The molecule has 0 bridgehead atoms. The Balaban J connectivity index is 5.56. The summed E-state index contributed by atoms with van der Waals surface area (Å²) in [7, 11) is -2.21. The Morgan fingerprint density at radius 1 is 0.944 bits per heavy atom. The lowest BCUT2D eigenvalue weighted by molar-refractivity contribution is -0.858. The van der Waals surface area contributed by atoms with Crippen LogP contribution < -0.4 is 4.90 Å². The number of hydrogen-bond acceptors (Lipinski definition) is 4. The third-order valence-corrected chi connectivity index (χ3v) is 11.0. The van der Waals surface area contributed by atoms with E-state index in [1.54, 1.807) is 13.8 Å². The highest BCUT2D eigenvalue weighted by Gasteiger charge is 2.51. The Morgan fingerprint density at radius 3 is 1.56 bits per heavy atom. The lowest BCUT2D eigenvalue weighted by Crippen LogP contribution is -3.09. The largest absolute Gasteiger partial charge is 0.395 e. The zero-order valence-corrected chi connectivity index (χ0v) is 14.2. The van der Waals surface area contributed by atoms with Crippen molar-refractivity contribution < 1.29 is 23.1 Å². The number of quaternary nitrogens is 1. The van der Waals surface area contributed by atoms with E-state index in [9.17, 15) is 9.13 Å². The Kier molecular flexibility index (Phi) is 7.96. The maximum Gasteiger partial charge on any atom is 0.395 e. The predicted molar refractivity (Wildman–Crippen MR) is 76.1 cm³/mol. The lowest BCUT2D eigenvalue weighted by Gasteiger charge is -2.33. The minimum absolute atomic E-state index is 0.300. The molecule has 0 fully saturated rings. The second-order valence-corrected chi connectivity index (χ2v) is 10.6. The van der Waals surface area contributed by atoms with Crippen LogP contribution in [0.3, 0.4) is 0 Å². The zero-order valence-electron chi connectivity index (χ0n) is 12.4. The Hall–Kier alpha value is 0.340. The Labute approximate surface area is 111 Å². The molecule has 0 aromatic heterocycles. The van der Waals surface area contributed by atoms with Gasteiger partial charge >= 0.3 is 7.60 Å². The van der Waals surface area contributed by atoms with Crippen LogP contribution in [0, 0.1) is 0 Å². The zero-order chi connectivity index (χ0) is 14.4. The van der Waals surface area contributed by atoms with Crippen LogP contribution >= 0.6 is 14.7 Å². The molecule has 0 unspecified atom stereocenters. The van der Waals surface area contributed by atoms with Crippen molar-refractivity contribution in [3.63, 3.8) is 0 Å². The molecule has 5 nitrogen and oxygen atoms in total. The number of hydrogen-bond donors (Lipinski definition) is 1. The minimum atomic E-state index is -3.34. The molecule has 7 heteroatoms. The summed E-state index contributed by atoms with van der Waals surface area (Å²) in [5.41, 5.74) is -0.570. The fourth-order valence-corrected chi connectivity index (χ4v) is 9.38. The third kappa shape index (κ3) is 4.18. The molecule has 110 valence electrons. The second-order valence-electron chi connectivity index (χ2n) is 4.41. The average molecular weight is 300 g/mol. The van der Waals surface area contributed by atoms with E-state index in [4.69, 9.17) is 9.05 Å². The molecule has 0 heterocycles. The maximum atomic E-state index is 12.9. The van der Waals surface area contributed by atoms with Gasteiger partial charge in [0.05, 0.1) is 27.3 Å². The first kappa shape index (κ1) is 18.3. The van der Waals surface area contributed by atoms with Gasteiger partial charge in [-0.05, 0) is 13.8 Å². The molecular weight excluding hydrogens is 272 g/mol. The van der Waals surface area contributed by atoms with Crippen molar-refractivity contribution >= 4 is 14.7 Å². The van der Waals surface area contributed by atoms with Crippen LogP contribution in [0.5, 0.6) is 0 Å². The van der Waals surface area contributed by atoms with Crippen LogP contribution in [0.4, 0.5) is 0 Å². The van der Waals surface area contributed by atoms with Gasteiger partial charge in [0.25, 0.3) is 0 Å². The third-order valence-electron chi connectivity index (χ3n) is 2.95. The van der Waals surface area contributed by atoms with E-state index in [-0.39, 0.29) is 0 Å². The highest BCUT2D eigenvalue weighted by atomic mass is 31.2. The van der Waals surface area contributed by atoms with E-state index in [1.807, 2.05) is 27.9 Å². The van der Waals surface area contributed by atoms with Crippen LogP contribution in [0.15, 0.2) is 0 Å². The topological polar surface area (TPSA) is 57.0 Å². The molecule has 0 spiro atoms. The van der Waals surface area contributed by atoms with E-state index < -0.39 is 20.3 Å². The monoisotopic (exact) mass is 300 g/mol. The van der Waals surface area contributed by atoms with Gasteiger partial charge in [-0.25, -0.2) is 0 Å². The summed E-state index contributed by atoms with van der Waals surface area (Å²) in [4.78, 5) is 0.868. The molecule has 0 rings (SSSR count). The molecular formula is C11H28NO4P2+. The van der Waals surface area contributed by atoms with Crippen LogP contribution in [0.25, 0.3) is 0 Å². The molecule has 0 aliphatic heterocycles. The van der Waals surface area contributed by atoms with Crippen LogP contribution in [0.2, 0.25) is 0 Å². The fourth-order valence-electron chi connectivity index (χ4n) is 2.15. The van der Waals surface area contributed by atoms with Crippen molar-refractivity contribution in [2.75, 3.05) is 39.6 Å². The van der Waals surface area contributed by atoms with Crippen LogP contribution in [-0.2, 0) is 18.2 Å². The highest BCUT2D eigenvalue weighted by Crippen LogP contribution is 2.66. The van der Waals surface area contributed by atoms with E-state index in [0.717, 1.165) is 4.90 Å². The van der Waals surface area contributed by atoms with Gasteiger partial charge in [-0.3, -0.25) is 4.57 Å². The number of rotatable bonds is 9. The summed E-state index contributed by atoms with van der Waals surface area (Å²) < 4.78 is 36.6. The van der Waals surface area contributed by atoms with Crippen molar-refractivity contribution in [2.45, 2.75) is 33.2 Å². The number of nitrogens with one attached hydrogen (secondary N) is 1. The Bertz CT molecular complexity index is 315. The molecule has 0 amide bonds. The molecule has 0 aliphatic carbocycles. The van der Waals surface area contributed by atoms with Crippen molar-refractivity contribution in [1.29, 1.82) is 0 Å². The van der Waals surface area contributed by atoms with E-state index in [1.165, 1.54) is 0 Å². The van der Waals surface area contributed by atoms with Crippen molar-refractivity contribution in [1.82, 2.24) is 0 Å². The molecule has 1 N–H and O–H groups in total. The van der Waals surface area contributed by atoms with Crippen molar-refractivity contribution in [3.8, 4) is 0 Å². The van der Waals surface area contributed by atoms with Gasteiger partial charge in [-0.15, -0.1) is 0 Å². The van der Waals surface area contributed by atoms with E-state index in [2.05, 4.69) is 0 Å². The molecule has 0 radical (unpaired) electrons. The summed E-state index contributed by atoms with van der Waals surface area (Å²) in [5, 5.41) is 0. The van der Waals surface area contributed by atoms with Gasteiger partial charge < -0.3 is 18.5 Å². The SMILES string of the molecule is CCOP(=O)(OCC)[C@@H]([NH+](C)C)P(=O)(CC)CC.